The summed E-state index contributed by atoms with van der Waals surface area (Å²) in [5.41, 5.74) is 4.00. The van der Waals surface area contributed by atoms with Crippen LogP contribution >= 0.6 is 0 Å². The molecule has 5 heteroatoms. The largest absolute Gasteiger partial charge is 0.496 e. The van der Waals surface area contributed by atoms with Crippen LogP contribution in [0.25, 0.3) is 17.0 Å². The second-order valence-corrected chi connectivity index (χ2v) is 6.71. The first-order valence-electron chi connectivity index (χ1n) is 9.44. The van der Waals surface area contributed by atoms with Gasteiger partial charge in [0.15, 0.2) is 0 Å². The minimum atomic E-state index is -2.85. The molecule has 0 aliphatic rings. The van der Waals surface area contributed by atoms with Gasteiger partial charge in [0.25, 0.3) is 5.92 Å². The van der Waals surface area contributed by atoms with Crippen LogP contribution in [-0.4, -0.2) is 12.1 Å². The number of para-hydroxylation sites is 1. The van der Waals surface area contributed by atoms with Gasteiger partial charge in [0.05, 0.1) is 12.8 Å². The van der Waals surface area contributed by atoms with Crippen LogP contribution in [0.15, 0.2) is 73.4 Å². The van der Waals surface area contributed by atoms with Crippen molar-refractivity contribution in [3.8, 4) is 17.0 Å². The summed E-state index contributed by atoms with van der Waals surface area (Å²) in [6, 6.07) is 18.1. The van der Waals surface area contributed by atoms with E-state index in [0.29, 0.717) is 12.2 Å². The van der Waals surface area contributed by atoms with Crippen molar-refractivity contribution < 1.29 is 13.5 Å². The van der Waals surface area contributed by atoms with Gasteiger partial charge in [-0.25, -0.2) is 8.78 Å². The Balaban J connectivity index is 1.72. The summed E-state index contributed by atoms with van der Waals surface area (Å²) < 4.78 is 33.3. The maximum absolute atomic E-state index is 14.0. The monoisotopic (exact) mass is 394 g/mol. The maximum atomic E-state index is 14.0. The average molecular weight is 394 g/mol. The Hall–Kier alpha value is -3.21. The molecule has 1 aromatic heterocycles. The summed E-state index contributed by atoms with van der Waals surface area (Å²) in [5.74, 6) is -2.04. The molecule has 1 N–H and O–H groups in total. The molecule has 150 valence electrons. The Morgan fingerprint density at radius 3 is 2.52 bits per heavy atom. The zero-order valence-corrected chi connectivity index (χ0v) is 16.6. The molecule has 0 bridgehead atoms. The molecule has 0 saturated heterocycles. The highest BCUT2D eigenvalue weighted by atomic mass is 19.3. The smallest absolute Gasteiger partial charge is 0.273 e. The molecule has 3 rings (SSSR count). The Bertz CT molecular complexity index is 984. The van der Waals surface area contributed by atoms with Crippen molar-refractivity contribution in [3.05, 3.63) is 90.1 Å². The molecule has 2 aromatic carbocycles. The van der Waals surface area contributed by atoms with E-state index in [9.17, 15) is 8.78 Å². The number of alkyl halides is 2. The van der Waals surface area contributed by atoms with Crippen molar-refractivity contribution in [1.29, 1.82) is 0 Å². The molecule has 0 aliphatic carbocycles. The zero-order chi connectivity index (χ0) is 20.9. The standard InChI is InChI=1S/C24H24F2N2O/c1-4-24(25,26)21-13-14-27-22(15-21)19-11-9-18(10-12-19)17(2)28-16-20-7-5-6-8-23(20)29-3/h5-15,28H,2,4,16H2,1,3H3. The van der Waals surface area contributed by atoms with Gasteiger partial charge in [-0.05, 0) is 23.8 Å². The van der Waals surface area contributed by atoms with Crippen molar-refractivity contribution in [2.45, 2.75) is 25.8 Å². The number of ether oxygens (including phenoxy) is 1. The second kappa shape index (κ2) is 8.86. The van der Waals surface area contributed by atoms with Crippen LogP contribution in [0, 0.1) is 0 Å². The number of nitrogens with one attached hydrogen (secondary N) is 1. The zero-order valence-electron chi connectivity index (χ0n) is 16.6. The van der Waals surface area contributed by atoms with E-state index < -0.39 is 5.92 Å². The van der Waals surface area contributed by atoms with Crippen LogP contribution in [-0.2, 0) is 12.5 Å². The summed E-state index contributed by atoms with van der Waals surface area (Å²) in [6.45, 7) is 6.14. The van der Waals surface area contributed by atoms with E-state index in [1.165, 1.54) is 25.3 Å². The van der Waals surface area contributed by atoms with Gasteiger partial charge in [-0.3, -0.25) is 4.98 Å². The topological polar surface area (TPSA) is 34.1 Å². The van der Waals surface area contributed by atoms with E-state index in [-0.39, 0.29) is 12.0 Å². The fourth-order valence-corrected chi connectivity index (χ4v) is 3.02. The highest BCUT2D eigenvalue weighted by Gasteiger charge is 2.29. The lowest BCUT2D eigenvalue weighted by molar-refractivity contribution is -0.00831. The Labute approximate surface area is 170 Å². The molecular formula is C24H24F2N2O. The first kappa shape index (κ1) is 20.5. The van der Waals surface area contributed by atoms with Crippen LogP contribution in [0.5, 0.6) is 5.75 Å². The summed E-state index contributed by atoms with van der Waals surface area (Å²) in [5, 5.41) is 3.30. The third-order valence-corrected chi connectivity index (χ3v) is 4.84. The van der Waals surface area contributed by atoms with E-state index in [1.807, 2.05) is 48.5 Å². The van der Waals surface area contributed by atoms with Gasteiger partial charge in [0, 0.05) is 41.5 Å². The molecule has 0 unspecified atom stereocenters. The highest BCUT2D eigenvalue weighted by molar-refractivity contribution is 5.67. The molecule has 3 aromatic rings. The van der Waals surface area contributed by atoms with E-state index in [1.54, 1.807) is 7.11 Å². The van der Waals surface area contributed by atoms with E-state index in [2.05, 4.69) is 16.9 Å². The van der Waals surface area contributed by atoms with E-state index in [4.69, 9.17) is 4.74 Å². The molecule has 3 nitrogen and oxygen atoms in total. The first-order chi connectivity index (χ1) is 13.9. The normalized spacial score (nSPS) is 11.2. The van der Waals surface area contributed by atoms with Crippen LogP contribution in [0.4, 0.5) is 8.78 Å². The molecule has 1 heterocycles. The van der Waals surface area contributed by atoms with Gasteiger partial charge in [-0.15, -0.1) is 0 Å². The number of aromatic nitrogens is 1. The van der Waals surface area contributed by atoms with Crippen molar-refractivity contribution in [2.75, 3.05) is 7.11 Å². The van der Waals surface area contributed by atoms with Crippen molar-refractivity contribution in [1.82, 2.24) is 10.3 Å². The lowest BCUT2D eigenvalue weighted by Gasteiger charge is -2.15. The minimum Gasteiger partial charge on any atom is -0.496 e. The molecule has 0 atom stereocenters. The summed E-state index contributed by atoms with van der Waals surface area (Å²) in [6.07, 6.45) is 1.18. The Kier molecular flexibility index (Phi) is 6.27. The van der Waals surface area contributed by atoms with Crippen molar-refractivity contribution >= 4 is 5.70 Å². The third-order valence-electron chi connectivity index (χ3n) is 4.84. The number of rotatable bonds is 8. The fraction of sp³-hybridized carbons (Fsp3) is 0.208. The number of hydrogen-bond acceptors (Lipinski definition) is 3. The van der Waals surface area contributed by atoms with Gasteiger partial charge in [0.1, 0.15) is 5.75 Å². The minimum absolute atomic E-state index is 0.0167. The van der Waals surface area contributed by atoms with Gasteiger partial charge in [0.2, 0.25) is 0 Å². The van der Waals surface area contributed by atoms with Gasteiger partial charge in [-0.1, -0.05) is 56.0 Å². The number of halogens is 2. The number of pyridine rings is 1. The SMILES string of the molecule is C=C(NCc1ccccc1OC)c1ccc(-c2cc(C(F)(F)CC)ccn2)cc1. The average Bonchev–Trinajstić information content (AvgIpc) is 2.77. The summed E-state index contributed by atoms with van der Waals surface area (Å²) >= 11 is 0. The Morgan fingerprint density at radius 1 is 1.10 bits per heavy atom. The maximum Gasteiger partial charge on any atom is 0.273 e. The molecule has 0 saturated carbocycles. The van der Waals surface area contributed by atoms with Crippen LogP contribution < -0.4 is 10.1 Å². The van der Waals surface area contributed by atoms with Gasteiger partial charge >= 0.3 is 0 Å². The molecule has 0 radical (unpaired) electrons. The lowest BCUT2D eigenvalue weighted by atomic mass is 10.0. The van der Waals surface area contributed by atoms with Gasteiger partial charge < -0.3 is 10.1 Å². The number of methoxy groups -OCH3 is 1. The van der Waals surface area contributed by atoms with Crippen LogP contribution in [0.3, 0.4) is 0 Å². The van der Waals surface area contributed by atoms with Crippen LogP contribution in [0.2, 0.25) is 0 Å². The molecule has 0 spiro atoms. The van der Waals surface area contributed by atoms with Crippen molar-refractivity contribution in [3.63, 3.8) is 0 Å². The molecule has 0 fully saturated rings. The molecule has 0 aliphatic heterocycles. The van der Waals surface area contributed by atoms with Crippen LogP contribution in [0.1, 0.15) is 30.0 Å². The summed E-state index contributed by atoms with van der Waals surface area (Å²) in [4.78, 5) is 4.24. The predicted octanol–water partition coefficient (Wildman–Crippen LogP) is 6.02. The summed E-state index contributed by atoms with van der Waals surface area (Å²) in [7, 11) is 1.64. The Morgan fingerprint density at radius 2 is 1.83 bits per heavy atom. The number of benzene rings is 2. The fourth-order valence-electron chi connectivity index (χ4n) is 3.02. The highest BCUT2D eigenvalue weighted by Crippen LogP contribution is 2.33. The second-order valence-electron chi connectivity index (χ2n) is 6.71. The quantitative estimate of drug-likeness (QED) is 0.507. The predicted molar refractivity (Wildman–Crippen MR) is 113 cm³/mol. The third kappa shape index (κ3) is 4.80. The number of hydrogen-bond donors (Lipinski definition) is 1. The molecular weight excluding hydrogens is 370 g/mol. The van der Waals surface area contributed by atoms with E-state index in [0.717, 1.165) is 28.1 Å². The van der Waals surface area contributed by atoms with Gasteiger partial charge in [-0.2, -0.15) is 0 Å². The molecule has 0 amide bonds. The number of nitrogens with zero attached hydrogens (tertiary/aromatic N) is 1. The molecule has 29 heavy (non-hydrogen) atoms. The lowest BCUT2D eigenvalue weighted by Crippen LogP contribution is -2.12. The van der Waals surface area contributed by atoms with Crippen molar-refractivity contribution in [2.24, 2.45) is 0 Å². The first-order valence-corrected chi connectivity index (χ1v) is 9.44. The van der Waals surface area contributed by atoms with E-state index >= 15 is 0 Å².